The highest BCUT2D eigenvalue weighted by molar-refractivity contribution is 6.10. The maximum atomic E-state index is 11.9. The molecule has 0 saturated carbocycles. The topological polar surface area (TPSA) is 68.1 Å². The Morgan fingerprint density at radius 2 is 2.05 bits per heavy atom. The predicted molar refractivity (Wildman–Crippen MR) is 82.3 cm³/mol. The summed E-state index contributed by atoms with van der Waals surface area (Å²) in [6, 6.07) is 7.16. The van der Waals surface area contributed by atoms with E-state index in [0.29, 0.717) is 11.4 Å². The van der Waals surface area contributed by atoms with Gasteiger partial charge in [-0.25, -0.2) is 4.79 Å². The smallest absolute Gasteiger partial charge is 0.343 e. The van der Waals surface area contributed by atoms with Crippen LogP contribution in [0.1, 0.15) is 20.8 Å². The molecule has 5 nitrogen and oxygen atoms in total. The SMILES string of the molecule is CCOC(=O)/C(C=Nc1ccccc1OC)=C(/O)C(C)C. The van der Waals surface area contributed by atoms with E-state index in [4.69, 9.17) is 9.47 Å². The number of benzene rings is 1. The normalized spacial score (nSPS) is 12.4. The van der Waals surface area contributed by atoms with Gasteiger partial charge in [-0.3, -0.25) is 4.99 Å². The Hall–Kier alpha value is -2.30. The number of carbonyl (C=O) groups is 1. The Labute approximate surface area is 124 Å². The zero-order chi connectivity index (χ0) is 15.8. The van der Waals surface area contributed by atoms with E-state index in [1.54, 1.807) is 40.0 Å². The second-order valence-electron chi connectivity index (χ2n) is 4.60. The molecule has 21 heavy (non-hydrogen) atoms. The van der Waals surface area contributed by atoms with Crippen molar-refractivity contribution in [3.8, 4) is 5.75 Å². The van der Waals surface area contributed by atoms with Crippen LogP contribution in [0.25, 0.3) is 0 Å². The van der Waals surface area contributed by atoms with Gasteiger partial charge < -0.3 is 14.6 Å². The fraction of sp³-hybridized carbons (Fsp3) is 0.375. The van der Waals surface area contributed by atoms with E-state index in [2.05, 4.69) is 4.99 Å². The molecule has 0 bridgehead atoms. The summed E-state index contributed by atoms with van der Waals surface area (Å²) in [6.07, 6.45) is 1.31. The molecule has 0 spiro atoms. The zero-order valence-electron chi connectivity index (χ0n) is 12.8. The van der Waals surface area contributed by atoms with Crippen LogP contribution in [0, 0.1) is 5.92 Å². The fourth-order valence-corrected chi connectivity index (χ4v) is 1.61. The summed E-state index contributed by atoms with van der Waals surface area (Å²) in [5.41, 5.74) is 0.621. The summed E-state index contributed by atoms with van der Waals surface area (Å²) >= 11 is 0. The Morgan fingerprint density at radius 3 is 2.62 bits per heavy atom. The minimum Gasteiger partial charge on any atom is -0.511 e. The number of aliphatic hydroxyl groups excluding tert-OH is 1. The van der Waals surface area contributed by atoms with E-state index in [1.165, 1.54) is 6.21 Å². The summed E-state index contributed by atoms with van der Waals surface area (Å²) in [7, 11) is 1.54. The first kappa shape index (κ1) is 16.8. The third-order valence-corrected chi connectivity index (χ3v) is 2.74. The van der Waals surface area contributed by atoms with Crippen molar-refractivity contribution in [3.63, 3.8) is 0 Å². The lowest BCUT2D eigenvalue weighted by Crippen LogP contribution is -2.13. The number of hydrogen-bond donors (Lipinski definition) is 1. The second kappa shape index (κ2) is 8.09. The van der Waals surface area contributed by atoms with Gasteiger partial charge in [0.05, 0.1) is 13.7 Å². The highest BCUT2D eigenvalue weighted by atomic mass is 16.5. The number of aliphatic hydroxyl groups is 1. The first-order valence-corrected chi connectivity index (χ1v) is 6.78. The van der Waals surface area contributed by atoms with E-state index in [0.717, 1.165) is 0 Å². The van der Waals surface area contributed by atoms with Crippen LogP contribution in [-0.4, -0.2) is 31.0 Å². The molecule has 5 heteroatoms. The van der Waals surface area contributed by atoms with Crippen molar-refractivity contribution < 1.29 is 19.4 Å². The van der Waals surface area contributed by atoms with Crippen molar-refractivity contribution in [3.05, 3.63) is 35.6 Å². The summed E-state index contributed by atoms with van der Waals surface area (Å²) in [6.45, 7) is 5.51. The van der Waals surface area contributed by atoms with E-state index in [-0.39, 0.29) is 23.9 Å². The van der Waals surface area contributed by atoms with E-state index in [1.807, 2.05) is 12.1 Å². The standard InChI is InChI=1S/C16H21NO4/c1-5-21-16(19)12(15(18)11(2)3)10-17-13-8-6-7-9-14(13)20-4/h6-11,18H,5H2,1-4H3/b15-12+,17-10?. The number of hydrogen-bond acceptors (Lipinski definition) is 5. The highest BCUT2D eigenvalue weighted by Crippen LogP contribution is 2.26. The number of aliphatic imine (C=N–C) groups is 1. The number of carbonyl (C=O) groups excluding carboxylic acids is 1. The van der Waals surface area contributed by atoms with Gasteiger partial charge in [0.25, 0.3) is 0 Å². The zero-order valence-corrected chi connectivity index (χ0v) is 12.8. The molecule has 0 fully saturated rings. The molecule has 1 N–H and O–H groups in total. The third kappa shape index (κ3) is 4.63. The molecule has 0 aliphatic heterocycles. The first-order chi connectivity index (χ1) is 10.0. The molecule has 0 heterocycles. The van der Waals surface area contributed by atoms with Crippen molar-refractivity contribution in [2.24, 2.45) is 10.9 Å². The van der Waals surface area contributed by atoms with Gasteiger partial charge in [0.15, 0.2) is 0 Å². The van der Waals surface area contributed by atoms with Crippen molar-refractivity contribution in [1.29, 1.82) is 0 Å². The van der Waals surface area contributed by atoms with Crippen LogP contribution in [0.15, 0.2) is 40.6 Å². The number of allylic oxidation sites excluding steroid dienone is 1. The van der Waals surface area contributed by atoms with E-state index >= 15 is 0 Å². The highest BCUT2D eigenvalue weighted by Gasteiger charge is 2.17. The van der Waals surface area contributed by atoms with Gasteiger partial charge in [-0.2, -0.15) is 0 Å². The minimum atomic E-state index is -0.595. The van der Waals surface area contributed by atoms with Gasteiger partial charge in [-0.05, 0) is 19.1 Å². The molecular weight excluding hydrogens is 270 g/mol. The largest absolute Gasteiger partial charge is 0.511 e. The molecule has 0 aromatic heterocycles. The van der Waals surface area contributed by atoms with Crippen molar-refractivity contribution in [2.75, 3.05) is 13.7 Å². The van der Waals surface area contributed by atoms with Crippen LogP contribution in [0.4, 0.5) is 5.69 Å². The average Bonchev–Trinajstić information content (AvgIpc) is 2.47. The molecule has 0 saturated heterocycles. The van der Waals surface area contributed by atoms with Crippen LogP contribution in [0.5, 0.6) is 5.75 Å². The van der Waals surface area contributed by atoms with E-state index < -0.39 is 5.97 Å². The number of esters is 1. The summed E-state index contributed by atoms with van der Waals surface area (Å²) < 4.78 is 10.1. The molecule has 1 rings (SSSR count). The summed E-state index contributed by atoms with van der Waals surface area (Å²) in [5, 5.41) is 10.0. The molecule has 0 atom stereocenters. The van der Waals surface area contributed by atoms with Gasteiger partial charge in [0.2, 0.25) is 0 Å². The third-order valence-electron chi connectivity index (χ3n) is 2.74. The first-order valence-electron chi connectivity index (χ1n) is 6.78. The van der Waals surface area contributed by atoms with Gasteiger partial charge in [-0.15, -0.1) is 0 Å². The monoisotopic (exact) mass is 291 g/mol. The molecular formula is C16H21NO4. The Bertz CT molecular complexity index is 547. The molecule has 0 aliphatic carbocycles. The Balaban J connectivity index is 3.15. The van der Waals surface area contributed by atoms with Gasteiger partial charge in [0, 0.05) is 12.1 Å². The van der Waals surface area contributed by atoms with Crippen molar-refractivity contribution >= 4 is 17.9 Å². The van der Waals surface area contributed by atoms with Crippen molar-refractivity contribution in [2.45, 2.75) is 20.8 Å². The molecule has 1 aromatic carbocycles. The summed E-state index contributed by atoms with van der Waals surface area (Å²) in [5.74, 6) is -0.260. The number of nitrogens with zero attached hydrogens (tertiary/aromatic N) is 1. The summed E-state index contributed by atoms with van der Waals surface area (Å²) in [4.78, 5) is 16.1. The van der Waals surface area contributed by atoms with Gasteiger partial charge in [-0.1, -0.05) is 26.0 Å². The average molecular weight is 291 g/mol. The van der Waals surface area contributed by atoms with Crippen molar-refractivity contribution in [1.82, 2.24) is 0 Å². The van der Waals surface area contributed by atoms with Crippen LogP contribution in [-0.2, 0) is 9.53 Å². The maximum Gasteiger partial charge on any atom is 0.343 e. The van der Waals surface area contributed by atoms with Crippen LogP contribution >= 0.6 is 0 Å². The lowest BCUT2D eigenvalue weighted by Gasteiger charge is -2.09. The van der Waals surface area contributed by atoms with E-state index in [9.17, 15) is 9.90 Å². The van der Waals surface area contributed by atoms with Crippen LogP contribution in [0.2, 0.25) is 0 Å². The number of ether oxygens (including phenoxy) is 2. The number of para-hydroxylation sites is 2. The molecule has 0 radical (unpaired) electrons. The lowest BCUT2D eigenvalue weighted by molar-refractivity contribution is -0.138. The Morgan fingerprint density at radius 1 is 1.38 bits per heavy atom. The predicted octanol–water partition coefficient (Wildman–Crippen LogP) is 3.43. The van der Waals surface area contributed by atoms with Gasteiger partial charge >= 0.3 is 5.97 Å². The maximum absolute atomic E-state index is 11.9. The van der Waals surface area contributed by atoms with Crippen LogP contribution < -0.4 is 4.74 Å². The molecule has 1 aromatic rings. The molecule has 0 amide bonds. The number of methoxy groups -OCH3 is 1. The molecule has 0 aliphatic rings. The Kier molecular flexibility index (Phi) is 6.46. The van der Waals surface area contributed by atoms with Gasteiger partial charge in [0.1, 0.15) is 22.8 Å². The molecule has 114 valence electrons. The quantitative estimate of drug-likeness (QED) is 0.377. The van der Waals surface area contributed by atoms with Crippen LogP contribution in [0.3, 0.4) is 0 Å². The fourth-order valence-electron chi connectivity index (χ4n) is 1.61. The second-order valence-corrected chi connectivity index (χ2v) is 4.60. The minimum absolute atomic E-state index is 0.0490. The number of rotatable bonds is 6. The molecule has 0 unspecified atom stereocenters. The lowest BCUT2D eigenvalue weighted by atomic mass is 10.1.